The zero-order valence-corrected chi connectivity index (χ0v) is 9.32. The molecule has 0 unspecified atom stereocenters. The first-order chi connectivity index (χ1) is 8.16. The molecule has 2 heterocycles. The number of nitrogens with two attached hydrogens (primary N) is 1. The van der Waals surface area contributed by atoms with Crippen molar-refractivity contribution in [2.24, 2.45) is 5.73 Å². The molecule has 0 saturated heterocycles. The lowest BCUT2D eigenvalue weighted by atomic mass is 10.1. The first kappa shape index (κ1) is 9.84. The van der Waals surface area contributed by atoms with Crippen molar-refractivity contribution in [1.29, 1.82) is 0 Å². The summed E-state index contributed by atoms with van der Waals surface area (Å²) in [5, 5.41) is 1.98. The summed E-state index contributed by atoms with van der Waals surface area (Å²) in [7, 11) is 0. The van der Waals surface area contributed by atoms with Gasteiger partial charge in [-0.05, 0) is 19.1 Å². The summed E-state index contributed by atoms with van der Waals surface area (Å²) in [6.07, 6.45) is 0. The molecule has 2 aromatic heterocycles. The van der Waals surface area contributed by atoms with Crippen molar-refractivity contribution in [1.82, 2.24) is 9.97 Å². The number of pyridine rings is 1. The van der Waals surface area contributed by atoms with Crippen LogP contribution in [0.15, 0.2) is 30.3 Å². The van der Waals surface area contributed by atoms with Crippen LogP contribution in [-0.2, 0) is 0 Å². The molecule has 0 saturated carbocycles. The van der Waals surface area contributed by atoms with Gasteiger partial charge in [0.05, 0.1) is 11.3 Å². The Morgan fingerprint density at radius 3 is 2.82 bits per heavy atom. The SMILES string of the molecule is Cc1nc2[nH]c3ccccc3c2cc1C(N)=O. The van der Waals surface area contributed by atoms with Gasteiger partial charge in [-0.15, -0.1) is 0 Å². The molecule has 4 nitrogen and oxygen atoms in total. The summed E-state index contributed by atoms with van der Waals surface area (Å²) in [5.74, 6) is -0.442. The van der Waals surface area contributed by atoms with Crippen LogP contribution in [0.25, 0.3) is 21.9 Å². The fourth-order valence-electron chi connectivity index (χ4n) is 2.11. The van der Waals surface area contributed by atoms with E-state index in [0.29, 0.717) is 11.3 Å². The van der Waals surface area contributed by atoms with E-state index in [1.54, 1.807) is 13.0 Å². The van der Waals surface area contributed by atoms with Gasteiger partial charge in [0.25, 0.3) is 5.91 Å². The van der Waals surface area contributed by atoms with Crippen LogP contribution >= 0.6 is 0 Å². The number of primary amides is 1. The van der Waals surface area contributed by atoms with Crippen LogP contribution in [0.3, 0.4) is 0 Å². The number of hydrogen-bond donors (Lipinski definition) is 2. The molecule has 17 heavy (non-hydrogen) atoms. The molecule has 3 aromatic rings. The highest BCUT2D eigenvalue weighted by Gasteiger charge is 2.11. The normalized spacial score (nSPS) is 11.1. The van der Waals surface area contributed by atoms with Gasteiger partial charge < -0.3 is 10.7 Å². The Morgan fingerprint density at radius 1 is 1.29 bits per heavy atom. The van der Waals surface area contributed by atoms with E-state index in [2.05, 4.69) is 9.97 Å². The molecule has 0 aliphatic rings. The first-order valence-electron chi connectivity index (χ1n) is 5.34. The van der Waals surface area contributed by atoms with E-state index in [1.807, 2.05) is 24.3 Å². The number of rotatable bonds is 1. The number of carbonyl (C=O) groups excluding carboxylic acids is 1. The number of aromatic amines is 1. The summed E-state index contributed by atoms with van der Waals surface area (Å²) in [4.78, 5) is 18.9. The number of H-pyrrole nitrogens is 1. The van der Waals surface area contributed by atoms with Crippen LogP contribution in [0, 0.1) is 6.92 Å². The van der Waals surface area contributed by atoms with E-state index >= 15 is 0 Å². The lowest BCUT2D eigenvalue weighted by molar-refractivity contribution is 0.0999. The minimum absolute atomic E-state index is 0.442. The minimum atomic E-state index is -0.442. The van der Waals surface area contributed by atoms with E-state index in [4.69, 9.17) is 5.73 Å². The van der Waals surface area contributed by atoms with Crippen molar-refractivity contribution in [3.63, 3.8) is 0 Å². The third kappa shape index (κ3) is 1.38. The van der Waals surface area contributed by atoms with Crippen molar-refractivity contribution in [3.8, 4) is 0 Å². The third-order valence-electron chi connectivity index (χ3n) is 2.95. The Labute approximate surface area is 97.5 Å². The molecule has 0 aliphatic heterocycles. The number of aromatic nitrogens is 2. The maximum atomic E-state index is 11.3. The number of hydrogen-bond acceptors (Lipinski definition) is 2. The Kier molecular flexibility index (Phi) is 1.92. The maximum absolute atomic E-state index is 11.3. The van der Waals surface area contributed by atoms with E-state index in [9.17, 15) is 4.79 Å². The first-order valence-corrected chi connectivity index (χ1v) is 5.34. The highest BCUT2D eigenvalue weighted by atomic mass is 16.1. The molecule has 4 heteroatoms. The topological polar surface area (TPSA) is 71.8 Å². The molecule has 0 radical (unpaired) electrons. The largest absolute Gasteiger partial charge is 0.366 e. The molecule has 0 atom stereocenters. The van der Waals surface area contributed by atoms with E-state index in [0.717, 1.165) is 21.9 Å². The number of benzene rings is 1. The smallest absolute Gasteiger partial charge is 0.250 e. The van der Waals surface area contributed by atoms with Crippen LogP contribution in [0.4, 0.5) is 0 Å². The second-order valence-corrected chi connectivity index (χ2v) is 4.05. The Morgan fingerprint density at radius 2 is 2.06 bits per heavy atom. The van der Waals surface area contributed by atoms with Gasteiger partial charge in [-0.2, -0.15) is 0 Å². The Balaban J connectivity index is 2.47. The number of nitrogens with one attached hydrogen (secondary N) is 1. The van der Waals surface area contributed by atoms with Gasteiger partial charge in [-0.25, -0.2) is 4.98 Å². The van der Waals surface area contributed by atoms with Crippen LogP contribution in [-0.4, -0.2) is 15.9 Å². The molecule has 1 amide bonds. The van der Waals surface area contributed by atoms with Crippen molar-refractivity contribution in [2.45, 2.75) is 6.92 Å². The second kappa shape index (κ2) is 3.31. The molecule has 3 rings (SSSR count). The molecule has 0 bridgehead atoms. The summed E-state index contributed by atoms with van der Waals surface area (Å²) >= 11 is 0. The monoisotopic (exact) mass is 225 g/mol. The number of carbonyl (C=O) groups is 1. The number of nitrogens with zero attached hydrogens (tertiary/aromatic N) is 1. The third-order valence-corrected chi connectivity index (χ3v) is 2.95. The van der Waals surface area contributed by atoms with Crippen LogP contribution in [0.2, 0.25) is 0 Å². The van der Waals surface area contributed by atoms with Gasteiger partial charge >= 0.3 is 0 Å². The highest BCUT2D eigenvalue weighted by Crippen LogP contribution is 2.25. The minimum Gasteiger partial charge on any atom is -0.366 e. The van der Waals surface area contributed by atoms with Crippen LogP contribution in [0.1, 0.15) is 16.1 Å². The van der Waals surface area contributed by atoms with Crippen molar-refractivity contribution < 1.29 is 4.79 Å². The molecular weight excluding hydrogens is 214 g/mol. The van der Waals surface area contributed by atoms with Gasteiger partial charge in [0.2, 0.25) is 0 Å². The van der Waals surface area contributed by atoms with Crippen molar-refractivity contribution >= 4 is 27.8 Å². The summed E-state index contributed by atoms with van der Waals surface area (Å²) in [5.41, 5.74) is 8.25. The predicted molar refractivity (Wildman–Crippen MR) is 66.9 cm³/mol. The summed E-state index contributed by atoms with van der Waals surface area (Å²) in [6.45, 7) is 1.78. The molecular formula is C13H11N3O. The van der Waals surface area contributed by atoms with Gasteiger partial charge in [0.1, 0.15) is 5.65 Å². The van der Waals surface area contributed by atoms with E-state index in [-0.39, 0.29) is 0 Å². The average molecular weight is 225 g/mol. The number of para-hydroxylation sites is 1. The Bertz CT molecular complexity index is 743. The highest BCUT2D eigenvalue weighted by molar-refractivity contribution is 6.08. The zero-order valence-electron chi connectivity index (χ0n) is 9.32. The number of fused-ring (bicyclic) bond motifs is 3. The molecule has 1 aromatic carbocycles. The lowest BCUT2D eigenvalue weighted by Crippen LogP contribution is -2.13. The second-order valence-electron chi connectivity index (χ2n) is 4.05. The molecule has 3 N–H and O–H groups in total. The average Bonchev–Trinajstić information content (AvgIpc) is 2.64. The van der Waals surface area contributed by atoms with Gasteiger partial charge in [0.15, 0.2) is 0 Å². The van der Waals surface area contributed by atoms with E-state index < -0.39 is 5.91 Å². The van der Waals surface area contributed by atoms with Crippen LogP contribution in [0.5, 0.6) is 0 Å². The van der Waals surface area contributed by atoms with Crippen LogP contribution < -0.4 is 5.73 Å². The lowest BCUT2D eigenvalue weighted by Gasteiger charge is -2.00. The molecule has 84 valence electrons. The van der Waals surface area contributed by atoms with E-state index in [1.165, 1.54) is 0 Å². The Hall–Kier alpha value is -2.36. The maximum Gasteiger partial charge on any atom is 0.250 e. The zero-order chi connectivity index (χ0) is 12.0. The number of aryl methyl sites for hydroxylation is 1. The van der Waals surface area contributed by atoms with Gasteiger partial charge in [-0.1, -0.05) is 18.2 Å². The summed E-state index contributed by atoms with van der Waals surface area (Å²) < 4.78 is 0. The summed E-state index contributed by atoms with van der Waals surface area (Å²) in [6, 6.07) is 9.70. The molecule has 0 spiro atoms. The quantitative estimate of drug-likeness (QED) is 0.665. The van der Waals surface area contributed by atoms with Crippen molar-refractivity contribution in [3.05, 3.63) is 41.6 Å². The molecule has 0 aliphatic carbocycles. The fraction of sp³-hybridized carbons (Fsp3) is 0.0769. The predicted octanol–water partition coefficient (Wildman–Crippen LogP) is 2.12. The molecule has 0 fully saturated rings. The van der Waals surface area contributed by atoms with Gasteiger partial charge in [-0.3, -0.25) is 4.79 Å². The van der Waals surface area contributed by atoms with Crippen molar-refractivity contribution in [2.75, 3.05) is 0 Å². The fourth-order valence-corrected chi connectivity index (χ4v) is 2.11. The number of amides is 1. The standard InChI is InChI=1S/C13H11N3O/c1-7-9(12(14)17)6-10-8-4-2-3-5-11(8)16-13(10)15-7/h2-6H,1H3,(H2,14,17)(H,15,16). The van der Waals surface area contributed by atoms with Gasteiger partial charge in [0, 0.05) is 16.3 Å².